The largest absolute Gasteiger partial charge is 0.461 e. The first-order valence-corrected chi connectivity index (χ1v) is 8.60. The van der Waals surface area contributed by atoms with Crippen LogP contribution in [0.25, 0.3) is 22.9 Å². The van der Waals surface area contributed by atoms with Crippen LogP contribution in [-0.2, 0) is 0 Å². The molecule has 0 bridgehead atoms. The third-order valence-corrected chi connectivity index (χ3v) is 4.62. The van der Waals surface area contributed by atoms with Crippen LogP contribution in [0.1, 0.15) is 5.76 Å². The molecular formula is C17H10Cl2N4O2S. The van der Waals surface area contributed by atoms with Gasteiger partial charge in [-0.3, -0.25) is 0 Å². The van der Waals surface area contributed by atoms with Crippen LogP contribution in [0.4, 0.5) is 0 Å². The lowest BCUT2D eigenvalue weighted by atomic mass is 10.2. The summed E-state index contributed by atoms with van der Waals surface area (Å²) >= 11 is 17.5. The van der Waals surface area contributed by atoms with Gasteiger partial charge in [-0.15, -0.1) is 5.10 Å². The van der Waals surface area contributed by atoms with Crippen LogP contribution in [0.5, 0.6) is 0 Å². The second-order valence-electron chi connectivity index (χ2n) is 5.19. The Morgan fingerprint density at radius 1 is 1.12 bits per heavy atom. The van der Waals surface area contributed by atoms with Crippen molar-refractivity contribution in [1.29, 1.82) is 0 Å². The Morgan fingerprint density at radius 2 is 2.00 bits per heavy atom. The molecule has 130 valence electrons. The SMILES string of the molecule is S=c1[nH]nc(-c2ccco2)n1/N=C\c1ccc(-c2cccc(Cl)c2Cl)o1. The summed E-state index contributed by atoms with van der Waals surface area (Å²) < 4.78 is 12.9. The maximum absolute atomic E-state index is 6.23. The van der Waals surface area contributed by atoms with Gasteiger partial charge < -0.3 is 8.83 Å². The van der Waals surface area contributed by atoms with Gasteiger partial charge in [-0.2, -0.15) is 9.78 Å². The molecule has 0 saturated carbocycles. The molecule has 0 unspecified atom stereocenters. The molecule has 6 nitrogen and oxygen atoms in total. The summed E-state index contributed by atoms with van der Waals surface area (Å²) in [7, 11) is 0. The van der Waals surface area contributed by atoms with Crippen molar-refractivity contribution in [1.82, 2.24) is 14.9 Å². The second kappa shape index (κ2) is 6.95. The predicted molar refractivity (Wildman–Crippen MR) is 102 cm³/mol. The highest BCUT2D eigenvalue weighted by Gasteiger charge is 2.12. The summed E-state index contributed by atoms with van der Waals surface area (Å²) in [5.41, 5.74) is 0.704. The van der Waals surface area contributed by atoms with Gasteiger partial charge in [0.25, 0.3) is 0 Å². The van der Waals surface area contributed by atoms with Crippen LogP contribution >= 0.6 is 35.4 Å². The molecule has 0 spiro atoms. The van der Waals surface area contributed by atoms with Gasteiger partial charge >= 0.3 is 0 Å². The van der Waals surface area contributed by atoms with Gasteiger partial charge in [0.15, 0.2) is 5.76 Å². The molecule has 4 aromatic rings. The van der Waals surface area contributed by atoms with Crippen molar-refractivity contribution in [3.05, 3.63) is 69.3 Å². The van der Waals surface area contributed by atoms with E-state index in [0.717, 1.165) is 0 Å². The highest BCUT2D eigenvalue weighted by molar-refractivity contribution is 7.71. The molecule has 3 heterocycles. The second-order valence-corrected chi connectivity index (χ2v) is 6.36. The van der Waals surface area contributed by atoms with Gasteiger partial charge in [0.2, 0.25) is 10.6 Å². The summed E-state index contributed by atoms with van der Waals surface area (Å²) in [6.45, 7) is 0. The fourth-order valence-electron chi connectivity index (χ4n) is 2.34. The minimum atomic E-state index is 0.331. The average molecular weight is 405 g/mol. The minimum Gasteiger partial charge on any atom is -0.461 e. The lowest BCUT2D eigenvalue weighted by Crippen LogP contribution is -1.93. The lowest BCUT2D eigenvalue weighted by Gasteiger charge is -2.01. The zero-order valence-electron chi connectivity index (χ0n) is 13.0. The average Bonchev–Trinajstić information content (AvgIpc) is 3.36. The molecule has 0 aliphatic carbocycles. The van der Waals surface area contributed by atoms with Gasteiger partial charge in [-0.25, -0.2) is 5.10 Å². The van der Waals surface area contributed by atoms with E-state index < -0.39 is 0 Å². The molecule has 0 fully saturated rings. The van der Waals surface area contributed by atoms with Crippen molar-refractivity contribution >= 4 is 41.6 Å². The van der Waals surface area contributed by atoms with Crippen molar-refractivity contribution in [2.45, 2.75) is 0 Å². The molecule has 26 heavy (non-hydrogen) atoms. The van der Waals surface area contributed by atoms with Crippen LogP contribution < -0.4 is 0 Å². The molecule has 0 amide bonds. The van der Waals surface area contributed by atoms with E-state index in [4.69, 9.17) is 44.3 Å². The Labute approximate surface area is 162 Å². The first-order chi connectivity index (χ1) is 12.6. The number of benzene rings is 1. The highest BCUT2D eigenvalue weighted by atomic mass is 35.5. The van der Waals surface area contributed by atoms with Crippen LogP contribution in [-0.4, -0.2) is 21.1 Å². The highest BCUT2D eigenvalue weighted by Crippen LogP contribution is 2.34. The molecule has 0 atom stereocenters. The van der Waals surface area contributed by atoms with Gasteiger partial charge in [-0.05, 0) is 48.6 Å². The number of aromatic amines is 1. The maximum atomic E-state index is 6.23. The molecule has 9 heteroatoms. The van der Waals surface area contributed by atoms with Gasteiger partial charge in [0.05, 0.1) is 22.5 Å². The van der Waals surface area contributed by atoms with E-state index in [0.29, 0.717) is 43.5 Å². The fourth-order valence-corrected chi connectivity index (χ4v) is 2.91. The molecule has 0 aliphatic heterocycles. The van der Waals surface area contributed by atoms with E-state index in [1.165, 1.54) is 10.9 Å². The number of hydrogen-bond acceptors (Lipinski definition) is 5. The summed E-state index contributed by atoms with van der Waals surface area (Å²) in [5.74, 6) is 2.10. The molecular weight excluding hydrogens is 395 g/mol. The zero-order valence-corrected chi connectivity index (χ0v) is 15.3. The molecule has 3 aromatic heterocycles. The Kier molecular flexibility index (Phi) is 4.50. The summed E-state index contributed by atoms with van der Waals surface area (Å²) in [5, 5.41) is 12.0. The molecule has 1 N–H and O–H groups in total. The van der Waals surface area contributed by atoms with Crippen molar-refractivity contribution in [2.75, 3.05) is 0 Å². The van der Waals surface area contributed by atoms with Crippen molar-refractivity contribution < 1.29 is 8.83 Å². The third kappa shape index (κ3) is 3.12. The number of H-pyrrole nitrogens is 1. The van der Waals surface area contributed by atoms with Gasteiger partial charge in [0.1, 0.15) is 11.5 Å². The standard InChI is InChI=1S/C17H10Cl2N4O2S/c18-12-4-1-3-11(15(12)19)13-7-6-10(25-13)9-20-23-16(21-22-17(23)26)14-5-2-8-24-14/h1-9H,(H,22,26)/b20-9-. The van der Waals surface area contributed by atoms with E-state index in [1.807, 2.05) is 6.07 Å². The van der Waals surface area contributed by atoms with E-state index in [-0.39, 0.29) is 0 Å². The Hall–Kier alpha value is -2.61. The van der Waals surface area contributed by atoms with Crippen molar-refractivity contribution in [3.63, 3.8) is 0 Å². The lowest BCUT2D eigenvalue weighted by molar-refractivity contribution is 0.570. The monoisotopic (exact) mass is 404 g/mol. The van der Waals surface area contributed by atoms with Crippen LogP contribution in [0.3, 0.4) is 0 Å². The topological polar surface area (TPSA) is 72.2 Å². The number of rotatable bonds is 4. The first kappa shape index (κ1) is 16.8. The van der Waals surface area contributed by atoms with E-state index in [2.05, 4.69) is 15.3 Å². The minimum absolute atomic E-state index is 0.331. The summed E-state index contributed by atoms with van der Waals surface area (Å²) in [6, 6.07) is 12.4. The Bertz CT molecular complexity index is 1140. The summed E-state index contributed by atoms with van der Waals surface area (Å²) in [4.78, 5) is 0. The summed E-state index contributed by atoms with van der Waals surface area (Å²) in [6.07, 6.45) is 3.08. The quantitative estimate of drug-likeness (QED) is 0.352. The number of halogens is 2. The van der Waals surface area contributed by atoms with Crippen LogP contribution in [0.15, 0.2) is 62.7 Å². The van der Waals surface area contributed by atoms with E-state index in [9.17, 15) is 0 Å². The predicted octanol–water partition coefficient (Wildman–Crippen LogP) is 5.65. The number of hydrogen-bond donors (Lipinski definition) is 1. The molecule has 1 aromatic carbocycles. The van der Waals surface area contributed by atoms with Gasteiger partial charge in [-0.1, -0.05) is 29.3 Å². The third-order valence-electron chi connectivity index (χ3n) is 3.54. The maximum Gasteiger partial charge on any atom is 0.219 e. The number of nitrogens with zero attached hydrogens (tertiary/aromatic N) is 3. The zero-order chi connectivity index (χ0) is 18.1. The number of aromatic nitrogens is 3. The molecule has 0 radical (unpaired) electrons. The first-order valence-electron chi connectivity index (χ1n) is 7.43. The van der Waals surface area contributed by atoms with Crippen LogP contribution in [0, 0.1) is 4.77 Å². The van der Waals surface area contributed by atoms with Gasteiger partial charge in [0, 0.05) is 5.56 Å². The van der Waals surface area contributed by atoms with Crippen molar-refractivity contribution in [3.8, 4) is 22.9 Å². The molecule has 0 aliphatic rings. The van der Waals surface area contributed by atoms with E-state index >= 15 is 0 Å². The fraction of sp³-hybridized carbons (Fsp3) is 0. The van der Waals surface area contributed by atoms with E-state index in [1.54, 1.807) is 42.7 Å². The smallest absolute Gasteiger partial charge is 0.219 e. The Balaban J connectivity index is 1.66. The van der Waals surface area contributed by atoms with Crippen molar-refractivity contribution in [2.24, 2.45) is 5.10 Å². The number of furan rings is 2. The normalized spacial score (nSPS) is 11.5. The molecule has 4 rings (SSSR count). The van der Waals surface area contributed by atoms with Crippen LogP contribution in [0.2, 0.25) is 10.0 Å². The number of nitrogens with one attached hydrogen (secondary N) is 1. The Morgan fingerprint density at radius 3 is 2.81 bits per heavy atom. The molecule has 0 saturated heterocycles.